The van der Waals surface area contributed by atoms with Crippen molar-refractivity contribution in [3.8, 4) is 0 Å². The fourth-order valence-corrected chi connectivity index (χ4v) is 1.96. The molecule has 2 rings (SSSR count). The standard InChI is InChI=1S/C10H9N3O2S/c1-6-2-4-7(5-3-6)16-9-8(10(14)15)11-13-12-9/h2-5H,1H3,(H,14,15)(H,11,12,13). The number of nitrogens with zero attached hydrogens (tertiary/aromatic N) is 2. The number of carboxylic acids is 1. The smallest absolute Gasteiger partial charge is 0.359 e. The number of H-pyrrole nitrogens is 1. The van der Waals surface area contributed by atoms with E-state index in [2.05, 4.69) is 15.4 Å². The Morgan fingerprint density at radius 2 is 2.00 bits per heavy atom. The summed E-state index contributed by atoms with van der Waals surface area (Å²) in [6.45, 7) is 1.99. The van der Waals surface area contributed by atoms with Crippen molar-refractivity contribution in [3.05, 3.63) is 35.5 Å². The summed E-state index contributed by atoms with van der Waals surface area (Å²) in [6, 6.07) is 7.76. The molecule has 0 aliphatic rings. The summed E-state index contributed by atoms with van der Waals surface area (Å²) in [5.74, 6) is -1.08. The molecule has 0 unspecified atom stereocenters. The van der Waals surface area contributed by atoms with Crippen molar-refractivity contribution in [1.29, 1.82) is 0 Å². The molecule has 0 amide bonds. The minimum absolute atomic E-state index is 0.0504. The normalized spacial score (nSPS) is 10.3. The molecule has 1 aromatic carbocycles. The van der Waals surface area contributed by atoms with Crippen LogP contribution in [0.5, 0.6) is 0 Å². The number of hydrogen-bond acceptors (Lipinski definition) is 4. The van der Waals surface area contributed by atoms with Crippen LogP contribution in [-0.4, -0.2) is 26.5 Å². The van der Waals surface area contributed by atoms with E-state index in [1.165, 1.54) is 11.8 Å². The lowest BCUT2D eigenvalue weighted by molar-refractivity contribution is 0.0686. The van der Waals surface area contributed by atoms with Gasteiger partial charge >= 0.3 is 5.97 Å². The Hall–Kier alpha value is -1.82. The van der Waals surface area contributed by atoms with E-state index in [-0.39, 0.29) is 5.69 Å². The fourth-order valence-electron chi connectivity index (χ4n) is 1.15. The summed E-state index contributed by atoms with van der Waals surface area (Å²) >= 11 is 1.27. The second-order valence-electron chi connectivity index (χ2n) is 3.20. The summed E-state index contributed by atoms with van der Waals surface area (Å²) < 4.78 is 0. The van der Waals surface area contributed by atoms with E-state index >= 15 is 0 Å². The maximum absolute atomic E-state index is 10.8. The molecule has 2 N–H and O–H groups in total. The van der Waals surface area contributed by atoms with Crippen molar-refractivity contribution >= 4 is 17.7 Å². The molecule has 0 aliphatic carbocycles. The van der Waals surface area contributed by atoms with Gasteiger partial charge in [0.1, 0.15) is 0 Å². The van der Waals surface area contributed by atoms with Gasteiger partial charge in [-0.3, -0.25) is 0 Å². The number of rotatable bonds is 3. The van der Waals surface area contributed by atoms with Crippen LogP contribution in [0.1, 0.15) is 16.1 Å². The first-order valence-electron chi connectivity index (χ1n) is 4.55. The highest BCUT2D eigenvalue weighted by molar-refractivity contribution is 7.99. The summed E-state index contributed by atoms with van der Waals surface area (Å²) in [5.41, 5.74) is 1.11. The SMILES string of the molecule is Cc1ccc(Sc2n[nH]nc2C(=O)O)cc1. The first-order chi connectivity index (χ1) is 7.66. The molecule has 82 valence electrons. The van der Waals surface area contributed by atoms with Crippen LogP contribution in [0, 0.1) is 6.92 Å². The molecule has 0 bridgehead atoms. The number of nitrogens with one attached hydrogen (secondary N) is 1. The summed E-state index contributed by atoms with van der Waals surface area (Å²) in [6.07, 6.45) is 0. The largest absolute Gasteiger partial charge is 0.476 e. The van der Waals surface area contributed by atoms with Gasteiger partial charge in [0.25, 0.3) is 0 Å². The number of benzene rings is 1. The fraction of sp³-hybridized carbons (Fsp3) is 0.100. The number of carboxylic acid groups (broad SMARTS) is 1. The van der Waals surface area contributed by atoms with Crippen molar-refractivity contribution in [2.24, 2.45) is 0 Å². The van der Waals surface area contributed by atoms with E-state index in [4.69, 9.17) is 5.11 Å². The van der Waals surface area contributed by atoms with Gasteiger partial charge in [0.05, 0.1) is 0 Å². The van der Waals surface area contributed by atoms with E-state index in [0.717, 1.165) is 10.5 Å². The second-order valence-corrected chi connectivity index (χ2v) is 4.26. The molecule has 16 heavy (non-hydrogen) atoms. The van der Waals surface area contributed by atoms with Crippen LogP contribution in [0.4, 0.5) is 0 Å². The Bertz CT molecular complexity index is 507. The third-order valence-electron chi connectivity index (χ3n) is 1.95. The van der Waals surface area contributed by atoms with Crippen LogP contribution in [-0.2, 0) is 0 Å². The quantitative estimate of drug-likeness (QED) is 0.850. The Morgan fingerprint density at radius 3 is 2.62 bits per heavy atom. The van der Waals surface area contributed by atoms with Crippen LogP contribution in [0.2, 0.25) is 0 Å². The molecule has 0 fully saturated rings. The Labute approximate surface area is 95.9 Å². The van der Waals surface area contributed by atoms with Gasteiger partial charge in [-0.05, 0) is 19.1 Å². The molecule has 5 nitrogen and oxygen atoms in total. The van der Waals surface area contributed by atoms with Gasteiger partial charge in [0.15, 0.2) is 5.03 Å². The molecule has 1 aromatic heterocycles. The van der Waals surface area contributed by atoms with Crippen molar-refractivity contribution in [2.75, 3.05) is 0 Å². The second kappa shape index (κ2) is 4.36. The third-order valence-corrected chi connectivity index (χ3v) is 2.94. The highest BCUT2D eigenvalue weighted by atomic mass is 32.2. The molecule has 6 heteroatoms. The predicted molar refractivity (Wildman–Crippen MR) is 58.6 cm³/mol. The first kappa shape index (κ1) is 10.7. The minimum atomic E-state index is -1.08. The van der Waals surface area contributed by atoms with Gasteiger partial charge in [-0.1, -0.05) is 29.5 Å². The molecule has 0 saturated heterocycles. The van der Waals surface area contributed by atoms with Gasteiger partial charge in [-0.25, -0.2) is 4.79 Å². The average Bonchev–Trinajstić information content (AvgIpc) is 2.69. The molecule has 0 atom stereocenters. The van der Waals surface area contributed by atoms with Gasteiger partial charge in [-0.15, -0.1) is 10.2 Å². The van der Waals surface area contributed by atoms with Gasteiger partial charge in [0.2, 0.25) is 5.69 Å². The topological polar surface area (TPSA) is 78.9 Å². The molecule has 0 spiro atoms. The maximum atomic E-state index is 10.8. The number of aromatic amines is 1. The average molecular weight is 235 g/mol. The van der Waals surface area contributed by atoms with E-state index in [1.807, 2.05) is 31.2 Å². The van der Waals surface area contributed by atoms with Crippen molar-refractivity contribution < 1.29 is 9.90 Å². The predicted octanol–water partition coefficient (Wildman–Crippen LogP) is 1.96. The molecule has 0 aliphatic heterocycles. The highest BCUT2D eigenvalue weighted by Gasteiger charge is 2.15. The van der Waals surface area contributed by atoms with E-state index in [1.54, 1.807) is 0 Å². The molecule has 0 radical (unpaired) electrons. The number of aromatic nitrogens is 3. The number of aryl methyl sites for hydroxylation is 1. The molecule has 0 saturated carbocycles. The van der Waals surface area contributed by atoms with Gasteiger partial charge in [-0.2, -0.15) is 5.21 Å². The zero-order chi connectivity index (χ0) is 11.5. The van der Waals surface area contributed by atoms with Crippen molar-refractivity contribution in [1.82, 2.24) is 15.4 Å². The number of carbonyl (C=O) groups is 1. The number of aromatic carboxylic acids is 1. The van der Waals surface area contributed by atoms with Crippen LogP contribution < -0.4 is 0 Å². The maximum Gasteiger partial charge on any atom is 0.359 e. The molecular weight excluding hydrogens is 226 g/mol. The zero-order valence-electron chi connectivity index (χ0n) is 8.47. The van der Waals surface area contributed by atoms with Crippen LogP contribution >= 0.6 is 11.8 Å². The summed E-state index contributed by atoms with van der Waals surface area (Å²) in [7, 11) is 0. The lowest BCUT2D eigenvalue weighted by atomic mass is 10.2. The first-order valence-corrected chi connectivity index (χ1v) is 5.37. The van der Waals surface area contributed by atoms with Crippen molar-refractivity contribution in [3.63, 3.8) is 0 Å². The lowest BCUT2D eigenvalue weighted by Crippen LogP contribution is -1.98. The summed E-state index contributed by atoms with van der Waals surface area (Å²) in [4.78, 5) is 11.7. The van der Waals surface area contributed by atoms with Gasteiger partial charge < -0.3 is 5.11 Å². The van der Waals surface area contributed by atoms with E-state index in [0.29, 0.717) is 5.03 Å². The van der Waals surface area contributed by atoms with Crippen molar-refractivity contribution in [2.45, 2.75) is 16.8 Å². The van der Waals surface area contributed by atoms with Crippen LogP contribution in [0.25, 0.3) is 0 Å². The van der Waals surface area contributed by atoms with Crippen LogP contribution in [0.15, 0.2) is 34.2 Å². The lowest BCUT2D eigenvalue weighted by Gasteiger charge is -1.98. The Balaban J connectivity index is 2.23. The van der Waals surface area contributed by atoms with Crippen LogP contribution in [0.3, 0.4) is 0 Å². The third kappa shape index (κ3) is 2.22. The summed E-state index contributed by atoms with van der Waals surface area (Å²) in [5, 5.41) is 18.9. The van der Waals surface area contributed by atoms with E-state index in [9.17, 15) is 4.79 Å². The molecule has 1 heterocycles. The molecular formula is C10H9N3O2S. The molecule has 2 aromatic rings. The van der Waals surface area contributed by atoms with E-state index < -0.39 is 5.97 Å². The van der Waals surface area contributed by atoms with Gasteiger partial charge in [0, 0.05) is 4.90 Å². The number of hydrogen-bond donors (Lipinski definition) is 2. The minimum Gasteiger partial charge on any atom is -0.476 e. The Morgan fingerprint density at radius 1 is 1.31 bits per heavy atom. The monoisotopic (exact) mass is 235 g/mol. The zero-order valence-corrected chi connectivity index (χ0v) is 9.28. The Kier molecular flexibility index (Phi) is 2.91. The highest BCUT2D eigenvalue weighted by Crippen LogP contribution is 2.27.